The lowest BCUT2D eigenvalue weighted by Crippen LogP contribution is -1.99. The topological polar surface area (TPSA) is 93.9 Å². The minimum absolute atomic E-state index is 0.0337. The summed E-state index contributed by atoms with van der Waals surface area (Å²) in [6, 6.07) is 10.0. The van der Waals surface area contributed by atoms with E-state index in [1.807, 2.05) is 30.5 Å². The lowest BCUT2D eigenvalue weighted by Gasteiger charge is -2.07. The Bertz CT molecular complexity index is 1120. The van der Waals surface area contributed by atoms with Gasteiger partial charge in [-0.3, -0.25) is 4.79 Å². The minimum Gasteiger partial charge on any atom is -0.480 e. The molecule has 0 aliphatic rings. The number of aromatic nitrogens is 4. The van der Waals surface area contributed by atoms with Gasteiger partial charge >= 0.3 is 0 Å². The number of aromatic amines is 1. The molecule has 1 N–H and O–H groups in total. The number of oxazole rings is 1. The number of benzene rings is 1. The maximum absolute atomic E-state index is 11.8. The van der Waals surface area contributed by atoms with Crippen LogP contribution in [-0.2, 0) is 6.42 Å². The highest BCUT2D eigenvalue weighted by molar-refractivity contribution is 5.91. The fourth-order valence-electron chi connectivity index (χ4n) is 3.47. The molecule has 30 heavy (non-hydrogen) atoms. The fourth-order valence-corrected chi connectivity index (χ4v) is 3.47. The van der Waals surface area contributed by atoms with Crippen molar-refractivity contribution in [1.82, 2.24) is 19.9 Å². The summed E-state index contributed by atoms with van der Waals surface area (Å²) in [5, 5.41) is 1.06. The highest BCUT2D eigenvalue weighted by atomic mass is 16.5. The number of hydrogen-bond donors (Lipinski definition) is 1. The number of nitrogens with zero attached hydrogens (tertiary/aromatic N) is 3. The largest absolute Gasteiger partial charge is 0.480 e. The number of methoxy groups -OCH3 is 1. The summed E-state index contributed by atoms with van der Waals surface area (Å²) in [6.07, 6.45) is 9.95. The van der Waals surface area contributed by atoms with Crippen molar-refractivity contribution in [3.63, 3.8) is 0 Å². The maximum atomic E-state index is 11.8. The quantitative estimate of drug-likeness (QED) is 0.295. The van der Waals surface area contributed by atoms with E-state index in [1.165, 1.54) is 12.5 Å². The molecule has 0 saturated heterocycles. The van der Waals surface area contributed by atoms with Crippen molar-refractivity contribution >= 4 is 16.7 Å². The molecule has 0 radical (unpaired) electrons. The Hall–Kier alpha value is -3.48. The second kappa shape index (κ2) is 9.35. The molecule has 1 aromatic carbocycles. The third kappa shape index (κ3) is 4.56. The molecule has 4 rings (SSSR count). The number of ether oxygens (including phenoxy) is 1. The van der Waals surface area contributed by atoms with Gasteiger partial charge in [0.05, 0.1) is 36.3 Å². The molecule has 7 heteroatoms. The normalized spacial score (nSPS) is 11.1. The first-order chi connectivity index (χ1) is 14.7. The van der Waals surface area contributed by atoms with Gasteiger partial charge in [0.2, 0.25) is 11.7 Å². The molecule has 0 spiro atoms. The van der Waals surface area contributed by atoms with Gasteiger partial charge in [-0.05, 0) is 25.0 Å². The van der Waals surface area contributed by atoms with Crippen LogP contribution in [0.3, 0.4) is 0 Å². The summed E-state index contributed by atoms with van der Waals surface area (Å²) in [4.78, 5) is 28.2. The summed E-state index contributed by atoms with van der Waals surface area (Å²) >= 11 is 0. The number of carbonyl (C=O) groups excluding carboxylic acids is 1. The highest BCUT2D eigenvalue weighted by Crippen LogP contribution is 2.30. The van der Waals surface area contributed by atoms with E-state index >= 15 is 0 Å². The summed E-state index contributed by atoms with van der Waals surface area (Å²) in [5.41, 5.74) is 2.70. The number of aryl methyl sites for hydroxylation is 1. The molecular weight excluding hydrogens is 380 g/mol. The molecule has 3 heterocycles. The van der Waals surface area contributed by atoms with E-state index in [9.17, 15) is 4.79 Å². The van der Waals surface area contributed by atoms with Gasteiger partial charge in [0.1, 0.15) is 12.1 Å². The molecule has 0 aliphatic carbocycles. The van der Waals surface area contributed by atoms with Crippen molar-refractivity contribution < 1.29 is 13.9 Å². The van der Waals surface area contributed by atoms with Crippen LogP contribution < -0.4 is 4.74 Å². The monoisotopic (exact) mass is 404 g/mol. The van der Waals surface area contributed by atoms with Crippen molar-refractivity contribution in [2.45, 2.75) is 38.5 Å². The van der Waals surface area contributed by atoms with Crippen LogP contribution >= 0.6 is 0 Å². The molecule has 0 aliphatic heterocycles. The van der Waals surface area contributed by atoms with E-state index in [0.717, 1.165) is 60.1 Å². The number of nitrogens with one attached hydrogen (secondary N) is 1. The van der Waals surface area contributed by atoms with Crippen LogP contribution in [0.25, 0.3) is 22.2 Å². The zero-order valence-corrected chi connectivity index (χ0v) is 16.9. The predicted molar refractivity (Wildman–Crippen MR) is 113 cm³/mol. The number of rotatable bonds is 10. The Morgan fingerprint density at radius 1 is 1.13 bits per heavy atom. The van der Waals surface area contributed by atoms with Crippen molar-refractivity contribution in [2.24, 2.45) is 0 Å². The number of H-pyrrole nitrogens is 1. The number of hydrogen-bond acceptors (Lipinski definition) is 6. The molecule has 0 atom stereocenters. The second-order valence-electron chi connectivity index (χ2n) is 7.16. The average Bonchev–Trinajstić information content (AvgIpc) is 3.47. The molecular formula is C23H24N4O3. The number of Topliss-reactive ketones (excluding diaryl/α,β-unsaturated/α-hetero) is 1. The Labute approximate surface area is 174 Å². The third-order valence-electron chi connectivity index (χ3n) is 5.04. The number of unbranched alkanes of at least 4 members (excludes halogenated alkanes) is 3. The highest BCUT2D eigenvalue weighted by Gasteiger charge is 2.13. The van der Waals surface area contributed by atoms with Crippen molar-refractivity contribution in [3.8, 4) is 17.1 Å². The lowest BCUT2D eigenvalue weighted by molar-refractivity contribution is 0.0945. The third-order valence-corrected chi connectivity index (χ3v) is 5.04. The van der Waals surface area contributed by atoms with Crippen LogP contribution in [0, 0.1) is 0 Å². The summed E-state index contributed by atoms with van der Waals surface area (Å²) < 4.78 is 10.5. The van der Waals surface area contributed by atoms with E-state index in [1.54, 1.807) is 7.11 Å². The standard InChI is InChI=1S/C23H24N4O3/c1-29-22-17(14-16-8-6-7-9-18(16)27-22)19-15-25-21(26-19)11-5-3-2-4-10-20(28)23-24-12-13-30-23/h6-9,12-15H,2-5,10-11H2,1H3,(H,25,26). The van der Waals surface area contributed by atoms with Crippen LogP contribution in [0.5, 0.6) is 5.88 Å². The Morgan fingerprint density at radius 2 is 2.00 bits per heavy atom. The molecule has 154 valence electrons. The molecule has 0 amide bonds. The number of para-hydroxylation sites is 1. The van der Waals surface area contributed by atoms with Gasteiger partial charge in [-0.1, -0.05) is 31.0 Å². The Morgan fingerprint density at radius 3 is 2.83 bits per heavy atom. The van der Waals surface area contributed by atoms with Crippen LogP contribution in [0.4, 0.5) is 0 Å². The van der Waals surface area contributed by atoms with Gasteiger partial charge in [0.25, 0.3) is 5.89 Å². The zero-order chi connectivity index (χ0) is 20.8. The van der Waals surface area contributed by atoms with Crippen molar-refractivity contribution in [2.75, 3.05) is 7.11 Å². The van der Waals surface area contributed by atoms with Crippen molar-refractivity contribution in [1.29, 1.82) is 0 Å². The van der Waals surface area contributed by atoms with Gasteiger partial charge in [0, 0.05) is 18.2 Å². The van der Waals surface area contributed by atoms with Gasteiger partial charge < -0.3 is 14.1 Å². The first kappa shape index (κ1) is 19.8. The average molecular weight is 404 g/mol. The lowest BCUT2D eigenvalue weighted by atomic mass is 10.1. The van der Waals surface area contributed by atoms with Crippen LogP contribution in [0.1, 0.15) is 48.6 Å². The van der Waals surface area contributed by atoms with Gasteiger partial charge in [-0.2, -0.15) is 0 Å². The predicted octanol–water partition coefficient (Wildman–Crippen LogP) is 5.00. The summed E-state index contributed by atoms with van der Waals surface area (Å²) in [6.45, 7) is 0. The van der Waals surface area contributed by atoms with Crippen LogP contribution in [-0.4, -0.2) is 32.8 Å². The maximum Gasteiger partial charge on any atom is 0.263 e. The molecule has 4 aromatic rings. The summed E-state index contributed by atoms with van der Waals surface area (Å²) in [5.74, 6) is 1.70. The number of carbonyl (C=O) groups is 1. The number of fused-ring (bicyclic) bond motifs is 1. The van der Waals surface area contributed by atoms with E-state index in [2.05, 4.69) is 26.0 Å². The first-order valence-electron chi connectivity index (χ1n) is 10.2. The zero-order valence-electron chi connectivity index (χ0n) is 16.9. The number of imidazole rings is 1. The molecule has 0 unspecified atom stereocenters. The van der Waals surface area contributed by atoms with Crippen LogP contribution in [0.15, 0.2) is 53.4 Å². The number of pyridine rings is 1. The molecule has 3 aromatic heterocycles. The van der Waals surface area contributed by atoms with Crippen molar-refractivity contribution in [3.05, 3.63) is 60.7 Å². The van der Waals surface area contributed by atoms with Gasteiger partial charge in [-0.15, -0.1) is 0 Å². The van der Waals surface area contributed by atoms with E-state index in [-0.39, 0.29) is 11.7 Å². The van der Waals surface area contributed by atoms with Gasteiger partial charge in [0.15, 0.2) is 0 Å². The molecule has 0 saturated carbocycles. The SMILES string of the molecule is COc1nc2ccccc2cc1-c1cnc(CCCCCCC(=O)c2ncco2)[nH]1. The van der Waals surface area contributed by atoms with E-state index < -0.39 is 0 Å². The van der Waals surface area contributed by atoms with Gasteiger partial charge in [-0.25, -0.2) is 15.0 Å². The first-order valence-corrected chi connectivity index (χ1v) is 10.2. The minimum atomic E-state index is -0.0337. The molecule has 0 bridgehead atoms. The smallest absolute Gasteiger partial charge is 0.263 e. The fraction of sp³-hybridized carbons (Fsp3) is 0.304. The molecule has 0 fully saturated rings. The molecule has 7 nitrogen and oxygen atoms in total. The van der Waals surface area contributed by atoms with E-state index in [0.29, 0.717) is 12.3 Å². The number of ketones is 1. The summed E-state index contributed by atoms with van der Waals surface area (Å²) in [7, 11) is 1.63. The Kier molecular flexibility index (Phi) is 6.17. The van der Waals surface area contributed by atoms with E-state index in [4.69, 9.17) is 9.15 Å². The Balaban J connectivity index is 1.29. The van der Waals surface area contributed by atoms with Crippen LogP contribution in [0.2, 0.25) is 0 Å². The second-order valence-corrected chi connectivity index (χ2v) is 7.16.